The van der Waals surface area contributed by atoms with Crippen molar-refractivity contribution < 1.29 is 9.59 Å². The van der Waals surface area contributed by atoms with Crippen molar-refractivity contribution in [1.82, 2.24) is 15.5 Å². The molecule has 3 amide bonds. The third kappa shape index (κ3) is 3.80. The zero-order valence-corrected chi connectivity index (χ0v) is 14.7. The Hall–Kier alpha value is -2.04. The number of amides is 3. The average Bonchev–Trinajstić information content (AvgIpc) is 3.56. The molecule has 2 saturated carbocycles. The standard InChI is InChI=1S/C20H27N3O2/c24-18(15-6-7-15)23-12-8-17(9-13-23)22-19(25)21-14-20(10-11-20)16-4-2-1-3-5-16/h1-5,15,17H,6-14H2,(H2,21,22,25). The Bertz CT molecular complexity index is 630. The fourth-order valence-corrected chi connectivity index (χ4v) is 3.83. The Kier molecular flexibility index (Phi) is 4.40. The van der Waals surface area contributed by atoms with Gasteiger partial charge in [0.15, 0.2) is 0 Å². The molecule has 0 unspecified atom stereocenters. The number of hydrogen-bond donors (Lipinski definition) is 2. The number of carbonyl (C=O) groups is 2. The van der Waals surface area contributed by atoms with Gasteiger partial charge in [-0.3, -0.25) is 4.79 Å². The highest BCUT2D eigenvalue weighted by Crippen LogP contribution is 2.47. The van der Waals surface area contributed by atoms with Crippen LogP contribution in [0.1, 0.15) is 44.1 Å². The van der Waals surface area contributed by atoms with Gasteiger partial charge in [-0.1, -0.05) is 30.3 Å². The molecule has 5 nitrogen and oxygen atoms in total. The van der Waals surface area contributed by atoms with Crippen molar-refractivity contribution in [1.29, 1.82) is 0 Å². The molecular formula is C20H27N3O2. The van der Waals surface area contributed by atoms with Crippen LogP contribution in [-0.2, 0) is 10.2 Å². The summed E-state index contributed by atoms with van der Waals surface area (Å²) in [7, 11) is 0. The summed E-state index contributed by atoms with van der Waals surface area (Å²) in [4.78, 5) is 26.3. The molecule has 1 aromatic carbocycles. The number of carbonyl (C=O) groups excluding carboxylic acids is 2. The van der Waals surface area contributed by atoms with E-state index < -0.39 is 0 Å². The summed E-state index contributed by atoms with van der Waals surface area (Å²) in [6.07, 6.45) is 6.11. The number of likely N-dealkylation sites (tertiary alicyclic amines) is 1. The second-order valence-corrected chi connectivity index (χ2v) is 7.85. The second kappa shape index (κ2) is 6.70. The van der Waals surface area contributed by atoms with E-state index in [1.165, 1.54) is 5.56 Å². The summed E-state index contributed by atoms with van der Waals surface area (Å²) in [5.41, 5.74) is 1.46. The Morgan fingerprint density at radius 1 is 1.04 bits per heavy atom. The highest BCUT2D eigenvalue weighted by molar-refractivity contribution is 5.81. The Labute approximate surface area is 149 Å². The van der Waals surface area contributed by atoms with Crippen molar-refractivity contribution in [3.8, 4) is 0 Å². The maximum Gasteiger partial charge on any atom is 0.315 e. The zero-order valence-electron chi connectivity index (χ0n) is 14.7. The molecule has 25 heavy (non-hydrogen) atoms. The van der Waals surface area contributed by atoms with E-state index in [4.69, 9.17) is 0 Å². The molecule has 2 aliphatic carbocycles. The molecule has 0 bridgehead atoms. The molecule has 4 rings (SSSR count). The molecule has 134 valence electrons. The first-order valence-corrected chi connectivity index (χ1v) is 9.55. The van der Waals surface area contributed by atoms with Gasteiger partial charge in [-0.25, -0.2) is 4.79 Å². The van der Waals surface area contributed by atoms with Crippen molar-refractivity contribution in [2.24, 2.45) is 5.92 Å². The maximum absolute atomic E-state index is 12.2. The van der Waals surface area contributed by atoms with Gasteiger partial charge in [0.05, 0.1) is 0 Å². The lowest BCUT2D eigenvalue weighted by Gasteiger charge is -2.32. The van der Waals surface area contributed by atoms with Crippen LogP contribution in [0.25, 0.3) is 0 Å². The van der Waals surface area contributed by atoms with E-state index in [0.29, 0.717) is 18.4 Å². The van der Waals surface area contributed by atoms with Crippen molar-refractivity contribution >= 4 is 11.9 Å². The van der Waals surface area contributed by atoms with Gasteiger partial charge in [0.25, 0.3) is 0 Å². The smallest absolute Gasteiger partial charge is 0.315 e. The van der Waals surface area contributed by atoms with Crippen LogP contribution in [0.2, 0.25) is 0 Å². The topological polar surface area (TPSA) is 61.4 Å². The lowest BCUT2D eigenvalue weighted by Crippen LogP contribution is -2.50. The van der Waals surface area contributed by atoms with Gasteiger partial charge in [-0.05, 0) is 44.1 Å². The summed E-state index contributed by atoms with van der Waals surface area (Å²) in [5, 5.41) is 6.15. The van der Waals surface area contributed by atoms with Gasteiger partial charge in [-0.15, -0.1) is 0 Å². The van der Waals surface area contributed by atoms with Crippen molar-refractivity contribution in [3.05, 3.63) is 35.9 Å². The van der Waals surface area contributed by atoms with Crippen LogP contribution >= 0.6 is 0 Å². The Balaban J connectivity index is 1.20. The molecule has 0 atom stereocenters. The predicted octanol–water partition coefficient (Wildman–Crippen LogP) is 2.42. The molecule has 5 heteroatoms. The summed E-state index contributed by atoms with van der Waals surface area (Å²) < 4.78 is 0. The van der Waals surface area contributed by atoms with Gasteiger partial charge in [0.2, 0.25) is 5.91 Å². The normalized spacial score (nSPS) is 22.3. The third-order valence-corrected chi connectivity index (χ3v) is 5.90. The SMILES string of the molecule is O=C(NCC1(c2ccccc2)CC1)NC1CCN(C(=O)C2CC2)CC1. The monoisotopic (exact) mass is 341 g/mol. The van der Waals surface area contributed by atoms with E-state index in [1.807, 2.05) is 11.0 Å². The maximum atomic E-state index is 12.2. The molecule has 0 spiro atoms. The van der Waals surface area contributed by atoms with E-state index in [-0.39, 0.29) is 17.5 Å². The number of hydrogen-bond acceptors (Lipinski definition) is 2. The predicted molar refractivity (Wildman–Crippen MR) is 96.2 cm³/mol. The van der Waals surface area contributed by atoms with Crippen LogP contribution in [0.5, 0.6) is 0 Å². The van der Waals surface area contributed by atoms with Crippen LogP contribution < -0.4 is 10.6 Å². The third-order valence-electron chi connectivity index (χ3n) is 5.90. The van der Waals surface area contributed by atoms with Crippen LogP contribution in [0.3, 0.4) is 0 Å². The van der Waals surface area contributed by atoms with E-state index >= 15 is 0 Å². The highest BCUT2D eigenvalue weighted by Gasteiger charge is 2.44. The first kappa shape index (κ1) is 16.4. The summed E-state index contributed by atoms with van der Waals surface area (Å²) in [6, 6.07) is 10.6. The van der Waals surface area contributed by atoms with Crippen molar-refractivity contribution in [3.63, 3.8) is 0 Å². The van der Waals surface area contributed by atoms with Crippen LogP contribution in [0, 0.1) is 5.92 Å². The van der Waals surface area contributed by atoms with Gasteiger partial charge >= 0.3 is 6.03 Å². The lowest BCUT2D eigenvalue weighted by atomic mass is 9.96. The van der Waals surface area contributed by atoms with E-state index in [0.717, 1.165) is 51.6 Å². The van der Waals surface area contributed by atoms with Gasteiger partial charge < -0.3 is 15.5 Å². The van der Waals surface area contributed by atoms with Crippen LogP contribution in [0.4, 0.5) is 4.79 Å². The molecule has 2 N–H and O–H groups in total. The summed E-state index contributed by atoms with van der Waals surface area (Å²) >= 11 is 0. The van der Waals surface area contributed by atoms with E-state index in [9.17, 15) is 9.59 Å². The summed E-state index contributed by atoms with van der Waals surface area (Å²) in [5.74, 6) is 0.613. The number of nitrogens with zero attached hydrogens (tertiary/aromatic N) is 1. The molecule has 0 aromatic heterocycles. The lowest BCUT2D eigenvalue weighted by molar-refractivity contribution is -0.133. The number of piperidine rings is 1. The quantitative estimate of drug-likeness (QED) is 0.864. The van der Waals surface area contributed by atoms with E-state index in [1.54, 1.807) is 0 Å². The first-order chi connectivity index (χ1) is 12.2. The minimum absolute atomic E-state index is 0.0748. The molecule has 3 fully saturated rings. The minimum atomic E-state index is -0.0748. The van der Waals surface area contributed by atoms with Crippen LogP contribution in [-0.4, -0.2) is 42.5 Å². The number of nitrogens with one attached hydrogen (secondary N) is 2. The first-order valence-electron chi connectivity index (χ1n) is 9.55. The average molecular weight is 341 g/mol. The number of benzene rings is 1. The zero-order chi connectivity index (χ0) is 17.3. The largest absolute Gasteiger partial charge is 0.342 e. The van der Waals surface area contributed by atoms with Gasteiger partial charge in [0.1, 0.15) is 0 Å². The van der Waals surface area contributed by atoms with Crippen molar-refractivity contribution in [2.75, 3.05) is 19.6 Å². The molecule has 1 saturated heterocycles. The Morgan fingerprint density at radius 3 is 2.32 bits per heavy atom. The molecule has 3 aliphatic rings. The van der Waals surface area contributed by atoms with Crippen LogP contribution in [0.15, 0.2) is 30.3 Å². The molecule has 1 aliphatic heterocycles. The second-order valence-electron chi connectivity index (χ2n) is 7.85. The fraction of sp³-hybridized carbons (Fsp3) is 0.600. The van der Waals surface area contributed by atoms with E-state index in [2.05, 4.69) is 34.9 Å². The van der Waals surface area contributed by atoms with Crippen molar-refractivity contribution in [2.45, 2.75) is 50.0 Å². The summed E-state index contributed by atoms with van der Waals surface area (Å²) in [6.45, 7) is 2.24. The molecule has 0 radical (unpaired) electrons. The molecule has 1 heterocycles. The fourth-order valence-electron chi connectivity index (χ4n) is 3.83. The molecule has 1 aromatic rings. The Morgan fingerprint density at radius 2 is 1.72 bits per heavy atom. The number of rotatable bonds is 5. The number of urea groups is 1. The minimum Gasteiger partial charge on any atom is -0.342 e. The van der Waals surface area contributed by atoms with Gasteiger partial charge in [0, 0.05) is 37.0 Å². The molecular weight excluding hydrogens is 314 g/mol. The highest BCUT2D eigenvalue weighted by atomic mass is 16.2. The van der Waals surface area contributed by atoms with Gasteiger partial charge in [-0.2, -0.15) is 0 Å².